The van der Waals surface area contributed by atoms with E-state index in [4.69, 9.17) is 28.3 Å². The van der Waals surface area contributed by atoms with Crippen LogP contribution in [0.1, 0.15) is 56.6 Å². The van der Waals surface area contributed by atoms with Gasteiger partial charge in [-0.2, -0.15) is 5.10 Å². The standard InChI is InChI=1S/C26H26Cl2FN3O/c27-18-5-8-23(21(28)12-18)32-24(16-3-6-19(29)7-4-16)13-22(31-32)25(33)30-26-9-1-2-17-10-15(14-26)11-20(17)26/h3-8,12,15,17,20,24H,1-2,9-11,13-14H2,(H,30,33). The Labute approximate surface area is 203 Å². The number of rotatable bonds is 4. The van der Waals surface area contributed by atoms with Gasteiger partial charge < -0.3 is 5.32 Å². The van der Waals surface area contributed by atoms with Gasteiger partial charge >= 0.3 is 0 Å². The van der Waals surface area contributed by atoms with E-state index in [1.807, 2.05) is 6.07 Å². The highest BCUT2D eigenvalue weighted by molar-refractivity contribution is 6.40. The SMILES string of the molecule is O=C(NC12CCCC3CC(CC31)C2)C1=NN(c2ccc(Cl)cc2Cl)C(c2ccc(F)cc2)C1. The predicted molar refractivity (Wildman–Crippen MR) is 129 cm³/mol. The van der Waals surface area contributed by atoms with Gasteiger partial charge in [0, 0.05) is 17.0 Å². The van der Waals surface area contributed by atoms with Gasteiger partial charge in [-0.3, -0.25) is 9.80 Å². The first kappa shape index (κ1) is 21.4. The summed E-state index contributed by atoms with van der Waals surface area (Å²) in [5.74, 6) is 1.75. The second-order valence-electron chi connectivity index (χ2n) is 10.2. The van der Waals surface area contributed by atoms with Crippen LogP contribution in [0.4, 0.5) is 10.1 Å². The number of hydrazone groups is 1. The molecule has 1 aliphatic heterocycles. The van der Waals surface area contributed by atoms with Gasteiger partial charge in [0.25, 0.3) is 5.91 Å². The minimum Gasteiger partial charge on any atom is -0.345 e. The molecule has 1 amide bonds. The molecule has 2 aromatic rings. The van der Waals surface area contributed by atoms with Crippen molar-refractivity contribution in [2.45, 2.75) is 56.5 Å². The van der Waals surface area contributed by atoms with E-state index in [0.29, 0.717) is 33.8 Å². The molecule has 5 unspecified atom stereocenters. The van der Waals surface area contributed by atoms with Crippen LogP contribution in [-0.4, -0.2) is 17.2 Å². The Morgan fingerprint density at radius 1 is 1.15 bits per heavy atom. The Hall–Kier alpha value is -2.11. The molecule has 1 heterocycles. The van der Waals surface area contributed by atoms with Gasteiger partial charge in [-0.25, -0.2) is 4.39 Å². The summed E-state index contributed by atoms with van der Waals surface area (Å²) in [6.45, 7) is 0. The van der Waals surface area contributed by atoms with E-state index in [9.17, 15) is 9.18 Å². The maximum absolute atomic E-state index is 13.6. The third-order valence-electron chi connectivity index (χ3n) is 8.30. The van der Waals surface area contributed by atoms with Crippen molar-refractivity contribution in [1.29, 1.82) is 0 Å². The Morgan fingerprint density at radius 3 is 2.73 bits per heavy atom. The Balaban J connectivity index is 1.31. The molecular weight excluding hydrogens is 460 g/mol. The third-order valence-corrected chi connectivity index (χ3v) is 8.84. The minimum atomic E-state index is -0.297. The number of halogens is 3. The molecule has 7 heteroatoms. The minimum absolute atomic E-state index is 0.0673. The molecule has 5 atom stereocenters. The molecule has 6 rings (SSSR count). The topological polar surface area (TPSA) is 44.7 Å². The van der Waals surface area contributed by atoms with Crippen molar-refractivity contribution < 1.29 is 9.18 Å². The summed E-state index contributed by atoms with van der Waals surface area (Å²) in [5.41, 5.74) is 1.98. The average molecular weight is 486 g/mol. The number of hydrogen-bond donors (Lipinski definition) is 1. The monoisotopic (exact) mass is 485 g/mol. The summed E-state index contributed by atoms with van der Waals surface area (Å²) in [5, 5.41) is 11.0. The number of anilines is 1. The van der Waals surface area contributed by atoms with Crippen LogP contribution in [0.25, 0.3) is 0 Å². The number of nitrogens with one attached hydrogen (secondary N) is 1. The van der Waals surface area contributed by atoms with E-state index in [-0.39, 0.29) is 23.3 Å². The molecule has 0 spiro atoms. The molecule has 2 aromatic carbocycles. The van der Waals surface area contributed by atoms with Gasteiger partial charge in [-0.15, -0.1) is 0 Å². The first-order valence-electron chi connectivity index (χ1n) is 11.8. The van der Waals surface area contributed by atoms with Gasteiger partial charge in [0.1, 0.15) is 11.5 Å². The van der Waals surface area contributed by atoms with Crippen molar-refractivity contribution >= 4 is 40.5 Å². The lowest BCUT2D eigenvalue weighted by Crippen LogP contribution is -2.57. The molecule has 4 nitrogen and oxygen atoms in total. The molecule has 1 N–H and O–H groups in total. The summed E-state index contributed by atoms with van der Waals surface area (Å²) in [7, 11) is 0. The first-order valence-corrected chi connectivity index (χ1v) is 12.6. The van der Waals surface area contributed by atoms with Crippen molar-refractivity contribution in [2.24, 2.45) is 22.9 Å². The van der Waals surface area contributed by atoms with Crippen molar-refractivity contribution in [2.75, 3.05) is 5.01 Å². The van der Waals surface area contributed by atoms with E-state index in [2.05, 4.69) is 5.32 Å². The molecule has 172 valence electrons. The van der Waals surface area contributed by atoms with Gasteiger partial charge in [0.2, 0.25) is 0 Å². The summed E-state index contributed by atoms with van der Waals surface area (Å²) >= 11 is 12.6. The second-order valence-corrected chi connectivity index (χ2v) is 11.0. The van der Waals surface area contributed by atoms with Crippen LogP contribution >= 0.6 is 23.2 Å². The molecule has 3 saturated carbocycles. The molecule has 0 radical (unpaired) electrons. The zero-order chi connectivity index (χ0) is 22.7. The number of benzene rings is 2. The van der Waals surface area contributed by atoms with Crippen molar-refractivity contribution in [3.63, 3.8) is 0 Å². The van der Waals surface area contributed by atoms with Crippen LogP contribution in [0.5, 0.6) is 0 Å². The molecule has 0 saturated heterocycles. The number of fused-ring (bicyclic) bond motifs is 1. The van der Waals surface area contributed by atoms with Crippen LogP contribution in [-0.2, 0) is 4.79 Å². The van der Waals surface area contributed by atoms with Crippen molar-refractivity contribution in [3.05, 3.63) is 63.9 Å². The highest BCUT2D eigenvalue weighted by atomic mass is 35.5. The van der Waals surface area contributed by atoms with Crippen LogP contribution in [0, 0.1) is 23.6 Å². The average Bonchev–Trinajstić information content (AvgIpc) is 3.47. The quantitative estimate of drug-likeness (QED) is 0.535. The number of amides is 1. The van der Waals surface area contributed by atoms with Gasteiger partial charge in [0.15, 0.2) is 0 Å². The van der Waals surface area contributed by atoms with E-state index in [1.54, 1.807) is 29.3 Å². The lowest BCUT2D eigenvalue weighted by atomic mass is 9.66. The molecule has 3 fully saturated rings. The molecule has 3 aliphatic carbocycles. The first-order chi connectivity index (χ1) is 15.9. The normalized spacial score (nSPS) is 32.2. The fourth-order valence-electron chi connectivity index (χ4n) is 7.02. The molecule has 2 bridgehead atoms. The Morgan fingerprint density at radius 2 is 1.97 bits per heavy atom. The van der Waals surface area contributed by atoms with E-state index < -0.39 is 0 Å². The largest absolute Gasteiger partial charge is 0.345 e. The molecule has 4 aliphatic rings. The zero-order valence-electron chi connectivity index (χ0n) is 18.2. The highest BCUT2D eigenvalue weighted by Gasteiger charge is 2.57. The van der Waals surface area contributed by atoms with E-state index in [0.717, 1.165) is 30.2 Å². The fourth-order valence-corrected chi connectivity index (χ4v) is 7.52. The molecule has 0 aromatic heterocycles. The van der Waals surface area contributed by atoms with Crippen LogP contribution in [0.15, 0.2) is 47.6 Å². The van der Waals surface area contributed by atoms with E-state index in [1.165, 1.54) is 37.8 Å². The fraction of sp³-hybridized carbons (Fsp3) is 0.462. The van der Waals surface area contributed by atoms with Gasteiger partial charge in [-0.05, 0) is 85.8 Å². The lowest BCUT2D eigenvalue weighted by molar-refractivity contribution is -0.118. The third kappa shape index (κ3) is 3.64. The summed E-state index contributed by atoms with van der Waals surface area (Å²) < 4.78 is 13.6. The second kappa shape index (κ2) is 7.99. The Bertz CT molecular complexity index is 1140. The predicted octanol–water partition coefficient (Wildman–Crippen LogP) is 6.52. The van der Waals surface area contributed by atoms with Gasteiger partial charge in [0.05, 0.1) is 16.8 Å². The summed E-state index contributed by atoms with van der Waals surface area (Å²) in [4.78, 5) is 13.5. The number of nitrogens with zero attached hydrogens (tertiary/aromatic N) is 2. The van der Waals surface area contributed by atoms with Crippen LogP contribution in [0.2, 0.25) is 10.0 Å². The summed E-state index contributed by atoms with van der Waals surface area (Å²) in [6.07, 6.45) is 7.67. The summed E-state index contributed by atoms with van der Waals surface area (Å²) in [6, 6.07) is 11.4. The van der Waals surface area contributed by atoms with Crippen molar-refractivity contribution in [1.82, 2.24) is 5.32 Å². The lowest BCUT2D eigenvalue weighted by Gasteiger charge is -2.46. The van der Waals surface area contributed by atoms with Crippen LogP contribution in [0.3, 0.4) is 0 Å². The van der Waals surface area contributed by atoms with Gasteiger partial charge in [-0.1, -0.05) is 41.8 Å². The maximum atomic E-state index is 13.6. The smallest absolute Gasteiger partial charge is 0.268 e. The number of carbonyl (C=O) groups excluding carboxylic acids is 1. The zero-order valence-corrected chi connectivity index (χ0v) is 19.7. The molecular formula is C26H26Cl2FN3O. The maximum Gasteiger partial charge on any atom is 0.268 e. The highest BCUT2D eigenvalue weighted by Crippen LogP contribution is 2.59. The Kier molecular flexibility index (Phi) is 5.19. The van der Waals surface area contributed by atoms with Crippen molar-refractivity contribution in [3.8, 4) is 0 Å². The number of carbonyl (C=O) groups is 1. The van der Waals surface area contributed by atoms with Crippen LogP contribution < -0.4 is 10.3 Å². The molecule has 33 heavy (non-hydrogen) atoms. The number of hydrogen-bond acceptors (Lipinski definition) is 3. The van der Waals surface area contributed by atoms with E-state index >= 15 is 0 Å².